The van der Waals surface area contributed by atoms with Crippen LogP contribution in [-0.4, -0.2) is 9.97 Å². The van der Waals surface area contributed by atoms with Gasteiger partial charge in [-0.3, -0.25) is 0 Å². The molecule has 0 saturated heterocycles. The number of fused-ring (bicyclic) bond motifs is 6. The van der Waals surface area contributed by atoms with Gasteiger partial charge in [0.1, 0.15) is 0 Å². The van der Waals surface area contributed by atoms with Crippen LogP contribution in [0.4, 0.5) is 0 Å². The molecule has 0 atom stereocenters. The van der Waals surface area contributed by atoms with Crippen molar-refractivity contribution in [3.8, 4) is 89.5 Å². The Morgan fingerprint density at radius 2 is 0.600 bits per heavy atom. The van der Waals surface area contributed by atoms with Crippen LogP contribution in [0.15, 0.2) is 194 Å². The van der Waals surface area contributed by atoms with Gasteiger partial charge in [-0.1, -0.05) is 179 Å². The van der Waals surface area contributed by atoms with E-state index in [4.69, 9.17) is 9.97 Å². The fraction of sp³-hybridized carbons (Fsp3) is 0.103. The van der Waals surface area contributed by atoms with Crippen LogP contribution < -0.4 is 0 Å². The van der Waals surface area contributed by atoms with Crippen LogP contribution in [-0.2, 0) is 10.8 Å². The van der Waals surface area contributed by atoms with E-state index in [2.05, 4.69) is 222 Å². The first-order chi connectivity index (χ1) is 29.2. The van der Waals surface area contributed by atoms with Crippen LogP contribution in [0.25, 0.3) is 89.5 Å². The highest BCUT2D eigenvalue weighted by molar-refractivity contribution is 5.87. The molecule has 0 saturated carbocycles. The van der Waals surface area contributed by atoms with Crippen LogP contribution >= 0.6 is 0 Å². The Morgan fingerprint density at radius 3 is 1.03 bits per heavy atom. The van der Waals surface area contributed by atoms with Gasteiger partial charge < -0.3 is 0 Å². The van der Waals surface area contributed by atoms with Crippen molar-refractivity contribution in [3.05, 3.63) is 216 Å². The van der Waals surface area contributed by atoms with E-state index in [1.165, 1.54) is 55.6 Å². The minimum absolute atomic E-state index is 0.0878. The number of hydrogen-bond donors (Lipinski definition) is 0. The van der Waals surface area contributed by atoms with E-state index < -0.39 is 0 Å². The molecule has 2 heterocycles. The van der Waals surface area contributed by atoms with Crippen LogP contribution in [0.3, 0.4) is 0 Å². The second-order valence-corrected chi connectivity index (χ2v) is 17.4. The first kappa shape index (κ1) is 36.0. The zero-order valence-corrected chi connectivity index (χ0v) is 34.4. The Labute approximate surface area is 353 Å². The van der Waals surface area contributed by atoms with Gasteiger partial charge in [0.25, 0.3) is 0 Å². The van der Waals surface area contributed by atoms with E-state index in [-0.39, 0.29) is 10.8 Å². The van der Waals surface area contributed by atoms with Gasteiger partial charge in [-0.05, 0) is 109 Å². The van der Waals surface area contributed by atoms with Crippen molar-refractivity contribution < 1.29 is 0 Å². The van der Waals surface area contributed by atoms with Gasteiger partial charge >= 0.3 is 0 Å². The number of benzene rings is 7. The zero-order valence-electron chi connectivity index (χ0n) is 34.4. The molecule has 286 valence electrons. The Balaban J connectivity index is 1.04. The fourth-order valence-corrected chi connectivity index (χ4v) is 9.81. The average Bonchev–Trinajstić information content (AvgIpc) is 3.68. The van der Waals surface area contributed by atoms with Gasteiger partial charge in [0.15, 0.2) is 0 Å². The first-order valence-electron chi connectivity index (χ1n) is 21.0. The van der Waals surface area contributed by atoms with Crippen molar-refractivity contribution in [1.82, 2.24) is 9.97 Å². The van der Waals surface area contributed by atoms with Crippen molar-refractivity contribution in [2.45, 2.75) is 38.5 Å². The molecular weight excluding hydrogens is 725 g/mol. The first-order valence-corrected chi connectivity index (χ1v) is 21.0. The van der Waals surface area contributed by atoms with Crippen LogP contribution in [0.5, 0.6) is 0 Å². The summed E-state index contributed by atoms with van der Waals surface area (Å²) in [6, 6.07) is 70.5. The predicted octanol–water partition coefficient (Wildman–Crippen LogP) is 15.1. The summed E-state index contributed by atoms with van der Waals surface area (Å²) in [5.41, 5.74) is 23.3. The van der Waals surface area contributed by atoms with E-state index in [0.29, 0.717) is 0 Å². The molecule has 0 fully saturated rings. The monoisotopic (exact) mass is 768 g/mol. The van der Waals surface area contributed by atoms with Crippen molar-refractivity contribution in [1.29, 1.82) is 0 Å². The molecule has 0 aliphatic heterocycles. The van der Waals surface area contributed by atoms with Crippen molar-refractivity contribution in [2.75, 3.05) is 0 Å². The highest BCUT2D eigenvalue weighted by atomic mass is 14.7. The van der Waals surface area contributed by atoms with Gasteiger partial charge in [0.2, 0.25) is 0 Å². The van der Waals surface area contributed by atoms with Gasteiger partial charge in [-0.25, -0.2) is 9.97 Å². The van der Waals surface area contributed by atoms with Crippen molar-refractivity contribution >= 4 is 0 Å². The SMILES string of the molecule is CC1(C)c2ccccc2-c2ccc(-c3cc(-c4ccccc4)nc(-c4cccc(-c5cc(-c6ccc7c(c6)C(C)(C)c6ccccc6-7)cc(-c6ccccc6)n5)c4)c3)cc21. The lowest BCUT2D eigenvalue weighted by atomic mass is 9.81. The molecule has 9 aromatic rings. The fourth-order valence-electron chi connectivity index (χ4n) is 9.81. The molecule has 0 spiro atoms. The quantitative estimate of drug-likeness (QED) is 0.168. The number of aromatic nitrogens is 2. The summed E-state index contributed by atoms with van der Waals surface area (Å²) in [5, 5.41) is 0. The molecule has 60 heavy (non-hydrogen) atoms. The van der Waals surface area contributed by atoms with Crippen molar-refractivity contribution in [2.24, 2.45) is 0 Å². The number of hydrogen-bond acceptors (Lipinski definition) is 2. The largest absolute Gasteiger partial charge is 0.248 e. The molecule has 7 aromatic carbocycles. The highest BCUT2D eigenvalue weighted by Crippen LogP contribution is 2.51. The number of pyridine rings is 2. The Kier molecular flexibility index (Phi) is 8.22. The van der Waals surface area contributed by atoms with Crippen LogP contribution in [0.1, 0.15) is 49.9 Å². The molecule has 0 radical (unpaired) electrons. The lowest BCUT2D eigenvalue weighted by Crippen LogP contribution is -2.14. The molecule has 0 amide bonds. The summed E-state index contributed by atoms with van der Waals surface area (Å²) in [6.07, 6.45) is 0. The molecule has 2 nitrogen and oxygen atoms in total. The van der Waals surface area contributed by atoms with Gasteiger partial charge in [0.05, 0.1) is 22.8 Å². The third-order valence-electron chi connectivity index (χ3n) is 13.1. The molecule has 11 rings (SSSR count). The molecule has 0 unspecified atom stereocenters. The Bertz CT molecular complexity index is 2930. The van der Waals surface area contributed by atoms with Crippen LogP contribution in [0.2, 0.25) is 0 Å². The molecule has 2 aliphatic rings. The third kappa shape index (κ3) is 5.86. The van der Waals surface area contributed by atoms with Gasteiger partial charge in [-0.2, -0.15) is 0 Å². The summed E-state index contributed by atoms with van der Waals surface area (Å²) in [6.45, 7) is 9.38. The molecule has 0 bridgehead atoms. The normalized spacial score (nSPS) is 13.9. The molecule has 2 aliphatic carbocycles. The second kappa shape index (κ2) is 13.7. The van der Waals surface area contributed by atoms with E-state index in [1.54, 1.807) is 0 Å². The predicted molar refractivity (Wildman–Crippen MR) is 250 cm³/mol. The standard InChI is InChI=1S/C58H44N2/c1-57(2)49-24-13-11-22-45(49)47-28-26-39(31-51(47)57)43-33-53(37-16-7-5-8-17-37)59-55(35-43)41-20-15-21-42(30-41)56-36-44(34-54(60-56)38-18-9-6-10-19-38)40-27-29-48-46-23-12-14-25-50(46)58(3,4)52(48)32-40/h5-36H,1-4H3. The van der Waals surface area contributed by atoms with Gasteiger partial charge in [0, 0.05) is 33.1 Å². The summed E-state index contributed by atoms with van der Waals surface area (Å²) in [7, 11) is 0. The van der Waals surface area contributed by atoms with E-state index in [0.717, 1.165) is 56.2 Å². The minimum Gasteiger partial charge on any atom is -0.248 e. The number of rotatable bonds is 6. The lowest BCUT2D eigenvalue weighted by molar-refractivity contribution is 0.660. The smallest absolute Gasteiger partial charge is 0.0715 e. The molecule has 0 N–H and O–H groups in total. The Hall–Kier alpha value is -7.16. The van der Waals surface area contributed by atoms with E-state index in [1.807, 2.05) is 0 Å². The van der Waals surface area contributed by atoms with Crippen molar-refractivity contribution in [3.63, 3.8) is 0 Å². The summed E-state index contributed by atoms with van der Waals surface area (Å²) >= 11 is 0. The second-order valence-electron chi connectivity index (χ2n) is 17.4. The maximum Gasteiger partial charge on any atom is 0.0715 e. The van der Waals surface area contributed by atoms with E-state index in [9.17, 15) is 0 Å². The highest BCUT2D eigenvalue weighted by Gasteiger charge is 2.36. The topological polar surface area (TPSA) is 25.8 Å². The molecule has 2 heteroatoms. The van der Waals surface area contributed by atoms with E-state index >= 15 is 0 Å². The average molecular weight is 769 g/mol. The minimum atomic E-state index is -0.0878. The lowest BCUT2D eigenvalue weighted by Gasteiger charge is -2.22. The summed E-state index contributed by atoms with van der Waals surface area (Å²) < 4.78 is 0. The third-order valence-corrected chi connectivity index (χ3v) is 13.1. The Morgan fingerprint density at radius 1 is 0.250 bits per heavy atom. The number of nitrogens with zero attached hydrogens (tertiary/aromatic N) is 2. The summed E-state index contributed by atoms with van der Waals surface area (Å²) in [4.78, 5) is 10.7. The van der Waals surface area contributed by atoms with Crippen LogP contribution in [0, 0.1) is 0 Å². The maximum atomic E-state index is 5.34. The molecular formula is C58H44N2. The zero-order chi connectivity index (χ0) is 40.6. The van der Waals surface area contributed by atoms with Gasteiger partial charge in [-0.15, -0.1) is 0 Å². The maximum absolute atomic E-state index is 5.34. The molecule has 2 aromatic heterocycles. The summed E-state index contributed by atoms with van der Waals surface area (Å²) in [5.74, 6) is 0.